The molecule has 2 fully saturated rings. The van der Waals surface area contributed by atoms with Crippen LogP contribution >= 0.6 is 0 Å². The van der Waals surface area contributed by atoms with Gasteiger partial charge in [0.25, 0.3) is 0 Å². The number of fused-ring (bicyclic) bond motifs is 4. The molecule has 0 aromatic rings. The van der Waals surface area contributed by atoms with Gasteiger partial charge in [0.1, 0.15) is 0 Å². The zero-order valence-electron chi connectivity index (χ0n) is 6.18. The Morgan fingerprint density at radius 2 is 2.27 bits per heavy atom. The van der Waals surface area contributed by atoms with Crippen LogP contribution in [0.3, 0.4) is 0 Å². The van der Waals surface area contributed by atoms with E-state index >= 15 is 0 Å². The van der Waals surface area contributed by atoms with Gasteiger partial charge in [-0.15, -0.1) is 0 Å². The van der Waals surface area contributed by atoms with Crippen molar-refractivity contribution >= 4 is 5.91 Å². The Hall–Kier alpha value is -0.990. The summed E-state index contributed by atoms with van der Waals surface area (Å²) in [5.41, 5.74) is 8.34. The number of hydrogen-bond acceptors (Lipinski definition) is 2. The summed E-state index contributed by atoms with van der Waals surface area (Å²) in [4.78, 5) is 11.2. The molecule has 2 N–H and O–H groups in total. The summed E-state index contributed by atoms with van der Waals surface area (Å²) in [6, 6.07) is 0. The van der Waals surface area contributed by atoms with Gasteiger partial charge in [-0.25, -0.2) is 0 Å². The van der Waals surface area contributed by atoms with Crippen molar-refractivity contribution in [3.63, 3.8) is 0 Å². The number of hydrazine groups is 1. The first kappa shape index (κ1) is 5.63. The van der Waals surface area contributed by atoms with Crippen LogP contribution in [0, 0.1) is 11.8 Å². The second-order valence-corrected chi connectivity index (χ2v) is 3.61. The van der Waals surface area contributed by atoms with Gasteiger partial charge in [0.15, 0.2) is 0 Å². The lowest BCUT2D eigenvalue weighted by atomic mass is 9.91. The Balaban J connectivity index is 2.12. The lowest BCUT2D eigenvalue weighted by Crippen LogP contribution is -2.27. The molecule has 0 spiro atoms. The van der Waals surface area contributed by atoms with Crippen molar-refractivity contribution in [2.75, 3.05) is 0 Å². The van der Waals surface area contributed by atoms with Crippen molar-refractivity contribution in [2.24, 2.45) is 11.8 Å². The molecule has 3 aliphatic rings. The van der Waals surface area contributed by atoms with Crippen LogP contribution in [0.1, 0.15) is 19.3 Å². The number of carbonyl (C=O) groups is 1. The highest BCUT2D eigenvalue weighted by Crippen LogP contribution is 2.48. The first-order valence-corrected chi connectivity index (χ1v) is 4.14. The van der Waals surface area contributed by atoms with Crippen LogP contribution in [-0.4, -0.2) is 5.91 Å². The van der Waals surface area contributed by atoms with Crippen molar-refractivity contribution in [1.82, 2.24) is 10.9 Å². The third-order valence-corrected chi connectivity index (χ3v) is 3.09. The summed E-state index contributed by atoms with van der Waals surface area (Å²) < 4.78 is 0. The second-order valence-electron chi connectivity index (χ2n) is 3.61. The molecule has 11 heavy (non-hydrogen) atoms. The molecule has 0 aromatic heterocycles. The fourth-order valence-corrected chi connectivity index (χ4v) is 2.58. The van der Waals surface area contributed by atoms with Gasteiger partial charge in [-0.05, 0) is 30.8 Å². The molecule has 3 heteroatoms. The van der Waals surface area contributed by atoms with Crippen LogP contribution in [0.15, 0.2) is 11.3 Å². The van der Waals surface area contributed by atoms with Crippen LogP contribution < -0.4 is 10.9 Å². The molecule has 2 bridgehead atoms. The zero-order valence-corrected chi connectivity index (χ0v) is 6.18. The van der Waals surface area contributed by atoms with Gasteiger partial charge in [-0.3, -0.25) is 10.2 Å². The number of carbonyl (C=O) groups excluding carboxylic acids is 1. The van der Waals surface area contributed by atoms with Crippen molar-refractivity contribution in [3.8, 4) is 0 Å². The van der Waals surface area contributed by atoms with E-state index in [9.17, 15) is 4.79 Å². The number of hydrogen-bond donors (Lipinski definition) is 2. The van der Waals surface area contributed by atoms with Gasteiger partial charge < -0.3 is 5.43 Å². The smallest absolute Gasteiger partial charge is 0.247 e. The third-order valence-electron chi connectivity index (χ3n) is 3.09. The average Bonchev–Trinajstić information content (AvgIpc) is 2.60. The van der Waals surface area contributed by atoms with Crippen LogP contribution in [0.4, 0.5) is 0 Å². The minimum absolute atomic E-state index is 0.180. The summed E-state index contributed by atoms with van der Waals surface area (Å²) in [5.74, 6) is 0.994. The van der Waals surface area contributed by atoms with Gasteiger partial charge in [-0.2, -0.15) is 0 Å². The molecule has 2 aliphatic carbocycles. The fourth-order valence-electron chi connectivity index (χ4n) is 2.58. The predicted molar refractivity (Wildman–Crippen MR) is 39.1 cm³/mol. The van der Waals surface area contributed by atoms with E-state index in [0.717, 1.165) is 0 Å². The molecule has 1 heterocycles. The normalized spacial score (nSPS) is 39.1. The SMILES string of the molecule is O=C1NNC2=C3CCC(C3)C12. The Morgan fingerprint density at radius 1 is 1.36 bits per heavy atom. The molecule has 2 atom stereocenters. The number of allylic oxidation sites excluding steroid dienone is 1. The van der Waals surface area contributed by atoms with E-state index in [1.165, 1.54) is 30.5 Å². The maximum absolute atomic E-state index is 11.2. The monoisotopic (exact) mass is 150 g/mol. The molecule has 0 radical (unpaired) electrons. The van der Waals surface area contributed by atoms with Gasteiger partial charge in [0.05, 0.1) is 5.92 Å². The van der Waals surface area contributed by atoms with Gasteiger partial charge in [0.2, 0.25) is 5.91 Å². The van der Waals surface area contributed by atoms with Crippen LogP contribution in [-0.2, 0) is 4.79 Å². The highest BCUT2D eigenvalue weighted by Gasteiger charge is 2.46. The van der Waals surface area contributed by atoms with Gasteiger partial charge >= 0.3 is 0 Å². The van der Waals surface area contributed by atoms with E-state index in [0.29, 0.717) is 5.92 Å². The van der Waals surface area contributed by atoms with E-state index in [-0.39, 0.29) is 11.8 Å². The molecule has 1 amide bonds. The quantitative estimate of drug-likeness (QED) is 0.521. The molecule has 3 rings (SSSR count). The molecule has 1 aliphatic heterocycles. The Bertz CT molecular complexity index is 269. The average molecular weight is 150 g/mol. The van der Waals surface area contributed by atoms with Crippen LogP contribution in [0.25, 0.3) is 0 Å². The van der Waals surface area contributed by atoms with E-state index < -0.39 is 0 Å². The summed E-state index contributed by atoms with van der Waals surface area (Å²) in [5, 5.41) is 0. The first-order chi connectivity index (χ1) is 5.36. The lowest BCUT2D eigenvalue weighted by Gasteiger charge is -2.12. The molecular formula is C8H10N2O. The van der Waals surface area contributed by atoms with E-state index in [2.05, 4.69) is 10.9 Å². The molecule has 1 saturated carbocycles. The lowest BCUT2D eigenvalue weighted by molar-refractivity contribution is -0.123. The maximum atomic E-state index is 11.2. The first-order valence-electron chi connectivity index (χ1n) is 4.14. The van der Waals surface area contributed by atoms with Crippen molar-refractivity contribution in [3.05, 3.63) is 11.3 Å². The highest BCUT2D eigenvalue weighted by atomic mass is 16.2. The van der Waals surface area contributed by atoms with Crippen LogP contribution in [0.2, 0.25) is 0 Å². The van der Waals surface area contributed by atoms with Crippen molar-refractivity contribution in [2.45, 2.75) is 19.3 Å². The standard InChI is InChI=1S/C8H10N2O/c11-8-6-4-1-2-5(3-4)7(6)9-10-8/h4,6,9H,1-3H2,(H,10,11). The minimum Gasteiger partial charge on any atom is -0.302 e. The van der Waals surface area contributed by atoms with Gasteiger partial charge in [0, 0.05) is 5.70 Å². The van der Waals surface area contributed by atoms with E-state index in [1.807, 2.05) is 0 Å². The maximum Gasteiger partial charge on any atom is 0.247 e. The van der Waals surface area contributed by atoms with Crippen molar-refractivity contribution in [1.29, 1.82) is 0 Å². The number of rotatable bonds is 0. The Morgan fingerprint density at radius 3 is 3.09 bits per heavy atom. The summed E-state index contributed by atoms with van der Waals surface area (Å²) >= 11 is 0. The fraction of sp³-hybridized carbons (Fsp3) is 0.625. The molecule has 3 nitrogen and oxygen atoms in total. The van der Waals surface area contributed by atoms with Crippen molar-refractivity contribution < 1.29 is 4.79 Å². The Kier molecular flexibility index (Phi) is 0.819. The highest BCUT2D eigenvalue weighted by molar-refractivity contribution is 5.85. The largest absolute Gasteiger partial charge is 0.302 e. The zero-order chi connectivity index (χ0) is 7.42. The molecular weight excluding hydrogens is 140 g/mol. The molecule has 1 saturated heterocycles. The summed E-state index contributed by atoms with van der Waals surface area (Å²) in [7, 11) is 0. The Labute approximate surface area is 64.8 Å². The van der Waals surface area contributed by atoms with E-state index in [1.54, 1.807) is 0 Å². The summed E-state index contributed by atoms with van der Waals surface area (Å²) in [6.45, 7) is 0. The number of nitrogens with one attached hydrogen (secondary N) is 2. The summed E-state index contributed by atoms with van der Waals surface area (Å²) in [6.07, 6.45) is 3.59. The molecule has 2 unspecified atom stereocenters. The molecule has 58 valence electrons. The topological polar surface area (TPSA) is 41.1 Å². The molecule has 0 aromatic carbocycles. The third kappa shape index (κ3) is 0.526. The van der Waals surface area contributed by atoms with Crippen LogP contribution in [0.5, 0.6) is 0 Å². The van der Waals surface area contributed by atoms with Gasteiger partial charge in [-0.1, -0.05) is 0 Å². The predicted octanol–water partition coefficient (Wildman–Crippen LogP) is 0.305. The van der Waals surface area contributed by atoms with E-state index in [4.69, 9.17) is 0 Å². The minimum atomic E-state index is 0.180. The number of amides is 1. The second kappa shape index (κ2) is 1.60.